The first-order chi connectivity index (χ1) is 9.92. The summed E-state index contributed by atoms with van der Waals surface area (Å²) >= 11 is 0. The van der Waals surface area contributed by atoms with Crippen molar-refractivity contribution in [3.8, 4) is 5.75 Å². The molecule has 1 amide bonds. The van der Waals surface area contributed by atoms with E-state index in [1.54, 1.807) is 18.2 Å². The summed E-state index contributed by atoms with van der Waals surface area (Å²) in [5.74, 6) is -0.439. The van der Waals surface area contributed by atoms with E-state index in [2.05, 4.69) is 4.74 Å². The number of amides is 1. The number of carbonyl (C=O) groups excluding carboxylic acids is 2. The lowest BCUT2D eigenvalue weighted by molar-refractivity contribution is -0.141. The fraction of sp³-hybridized carbons (Fsp3) is 0.467. The van der Waals surface area contributed by atoms with Gasteiger partial charge >= 0.3 is 5.97 Å². The molecule has 2 N–H and O–H groups in total. The summed E-state index contributed by atoms with van der Waals surface area (Å²) in [6.45, 7) is 5.75. The highest BCUT2D eigenvalue weighted by Crippen LogP contribution is 2.28. The zero-order chi connectivity index (χ0) is 16.0. The van der Waals surface area contributed by atoms with E-state index >= 15 is 0 Å². The average molecular weight is 294 g/mol. The molecule has 0 saturated heterocycles. The van der Waals surface area contributed by atoms with Crippen molar-refractivity contribution in [3.63, 3.8) is 0 Å². The molecule has 0 atom stereocenters. The molecule has 0 fully saturated rings. The van der Waals surface area contributed by atoms with E-state index < -0.39 is 5.97 Å². The lowest BCUT2D eigenvalue weighted by atomic mass is 10.1. The molecule has 0 unspecified atom stereocenters. The molecular formula is C15H22N2O4. The maximum Gasteiger partial charge on any atom is 0.325 e. The molecule has 21 heavy (non-hydrogen) atoms. The minimum absolute atomic E-state index is 0.118. The predicted octanol–water partition coefficient (Wildman–Crippen LogP) is 1.69. The Kier molecular flexibility index (Phi) is 6.02. The Labute approximate surface area is 124 Å². The average Bonchev–Trinajstić information content (AvgIpc) is 2.45. The molecule has 6 heteroatoms. The summed E-state index contributed by atoms with van der Waals surface area (Å²) in [6.07, 6.45) is 0. The number of hydrogen-bond acceptors (Lipinski definition) is 5. The van der Waals surface area contributed by atoms with Crippen molar-refractivity contribution in [2.45, 2.75) is 26.8 Å². The number of nitrogen functional groups attached to an aromatic ring is 1. The number of hydrogen-bond donors (Lipinski definition) is 1. The molecule has 0 aliphatic rings. The van der Waals surface area contributed by atoms with Gasteiger partial charge in [-0.25, -0.2) is 0 Å². The van der Waals surface area contributed by atoms with Crippen LogP contribution in [0.2, 0.25) is 0 Å². The van der Waals surface area contributed by atoms with E-state index in [4.69, 9.17) is 10.5 Å². The first-order valence-corrected chi connectivity index (χ1v) is 6.81. The van der Waals surface area contributed by atoms with Gasteiger partial charge in [0.2, 0.25) is 0 Å². The lowest BCUT2D eigenvalue weighted by Crippen LogP contribution is -2.41. The van der Waals surface area contributed by atoms with Crippen LogP contribution >= 0.6 is 0 Å². The highest BCUT2D eigenvalue weighted by atomic mass is 16.5. The van der Waals surface area contributed by atoms with Crippen LogP contribution < -0.4 is 10.5 Å². The molecule has 116 valence electrons. The third-order valence-corrected chi connectivity index (χ3v) is 2.98. The van der Waals surface area contributed by atoms with E-state index in [9.17, 15) is 9.59 Å². The molecule has 0 radical (unpaired) electrons. The molecule has 1 rings (SSSR count). The highest BCUT2D eigenvalue weighted by Gasteiger charge is 2.25. The van der Waals surface area contributed by atoms with Crippen molar-refractivity contribution in [1.29, 1.82) is 0 Å². The number of benzene rings is 1. The molecule has 0 aliphatic carbocycles. The first-order valence-electron chi connectivity index (χ1n) is 6.81. The number of para-hydroxylation sites is 1. The summed E-state index contributed by atoms with van der Waals surface area (Å²) in [4.78, 5) is 25.6. The van der Waals surface area contributed by atoms with Gasteiger partial charge in [-0.2, -0.15) is 0 Å². The van der Waals surface area contributed by atoms with Crippen LogP contribution in [0.3, 0.4) is 0 Å². The van der Waals surface area contributed by atoms with Crippen LogP contribution in [0.25, 0.3) is 0 Å². The van der Waals surface area contributed by atoms with E-state index in [0.717, 1.165) is 0 Å². The standard InChI is InChI=1S/C15H22N2O4/c1-5-21-14-11(7-6-8-12(14)16)15(19)17(10(2)3)9-13(18)20-4/h6-8,10H,5,9,16H2,1-4H3. The SMILES string of the molecule is CCOc1c(N)cccc1C(=O)N(CC(=O)OC)C(C)C. The normalized spacial score (nSPS) is 10.3. The van der Waals surface area contributed by atoms with Crippen LogP contribution in [0, 0.1) is 0 Å². The van der Waals surface area contributed by atoms with Gasteiger partial charge in [-0.15, -0.1) is 0 Å². The van der Waals surface area contributed by atoms with E-state index in [1.165, 1.54) is 12.0 Å². The van der Waals surface area contributed by atoms with E-state index in [-0.39, 0.29) is 18.5 Å². The third kappa shape index (κ3) is 4.11. The van der Waals surface area contributed by atoms with Crippen LogP contribution in [0.15, 0.2) is 18.2 Å². The fourth-order valence-corrected chi connectivity index (χ4v) is 1.88. The van der Waals surface area contributed by atoms with Crippen molar-refractivity contribution in [3.05, 3.63) is 23.8 Å². The van der Waals surface area contributed by atoms with E-state index in [0.29, 0.717) is 23.6 Å². The molecule has 0 saturated carbocycles. The van der Waals surface area contributed by atoms with Crippen LogP contribution in [0.1, 0.15) is 31.1 Å². The van der Waals surface area contributed by atoms with Crippen molar-refractivity contribution < 1.29 is 19.1 Å². The Morgan fingerprint density at radius 3 is 2.52 bits per heavy atom. The quantitative estimate of drug-likeness (QED) is 0.638. The smallest absolute Gasteiger partial charge is 0.325 e. The summed E-state index contributed by atoms with van der Waals surface area (Å²) in [5.41, 5.74) is 6.60. The number of nitrogens with two attached hydrogens (primary N) is 1. The number of carbonyl (C=O) groups is 2. The highest BCUT2D eigenvalue weighted by molar-refractivity contribution is 6.00. The Balaban J connectivity index is 3.15. The fourth-order valence-electron chi connectivity index (χ4n) is 1.88. The van der Waals surface area contributed by atoms with Crippen LogP contribution in [-0.4, -0.2) is 43.1 Å². The Morgan fingerprint density at radius 2 is 2.00 bits per heavy atom. The molecule has 0 aliphatic heterocycles. The van der Waals surface area contributed by atoms with Crippen LogP contribution in [0.4, 0.5) is 5.69 Å². The predicted molar refractivity (Wildman–Crippen MR) is 80.2 cm³/mol. The molecule has 0 heterocycles. The zero-order valence-electron chi connectivity index (χ0n) is 12.9. The number of esters is 1. The largest absolute Gasteiger partial charge is 0.491 e. The molecule has 0 aromatic heterocycles. The summed E-state index contributed by atoms with van der Waals surface area (Å²) in [5, 5.41) is 0. The second kappa shape index (κ2) is 7.52. The number of nitrogens with zero attached hydrogens (tertiary/aromatic N) is 1. The van der Waals surface area contributed by atoms with Gasteiger partial charge in [-0.3, -0.25) is 9.59 Å². The van der Waals surface area contributed by atoms with Gasteiger partial charge < -0.3 is 20.1 Å². The van der Waals surface area contributed by atoms with Gasteiger partial charge in [0.25, 0.3) is 5.91 Å². The molecule has 0 spiro atoms. The second-order valence-electron chi connectivity index (χ2n) is 4.76. The van der Waals surface area contributed by atoms with Gasteiger partial charge in [0.1, 0.15) is 6.54 Å². The Morgan fingerprint density at radius 1 is 1.33 bits per heavy atom. The van der Waals surface area contributed by atoms with Crippen molar-refractivity contribution in [2.75, 3.05) is 26.0 Å². The number of ether oxygens (including phenoxy) is 2. The van der Waals surface area contributed by atoms with Gasteiger partial charge in [-0.1, -0.05) is 6.07 Å². The second-order valence-corrected chi connectivity index (χ2v) is 4.76. The number of rotatable bonds is 6. The maximum atomic E-state index is 12.7. The number of methoxy groups -OCH3 is 1. The Hall–Kier alpha value is -2.24. The third-order valence-electron chi connectivity index (χ3n) is 2.98. The van der Waals surface area contributed by atoms with E-state index in [1.807, 2.05) is 20.8 Å². The zero-order valence-corrected chi connectivity index (χ0v) is 12.9. The topological polar surface area (TPSA) is 81.9 Å². The van der Waals surface area contributed by atoms with Crippen molar-refractivity contribution in [2.24, 2.45) is 0 Å². The first kappa shape index (κ1) is 16.8. The molecular weight excluding hydrogens is 272 g/mol. The number of anilines is 1. The minimum Gasteiger partial charge on any atom is -0.491 e. The Bertz CT molecular complexity index is 514. The van der Waals surface area contributed by atoms with Gasteiger partial charge in [0.15, 0.2) is 5.75 Å². The molecule has 6 nitrogen and oxygen atoms in total. The van der Waals surface area contributed by atoms with Gasteiger partial charge in [-0.05, 0) is 32.9 Å². The van der Waals surface area contributed by atoms with Crippen LogP contribution in [0.5, 0.6) is 5.75 Å². The summed E-state index contributed by atoms with van der Waals surface area (Å²) < 4.78 is 10.1. The molecule has 0 bridgehead atoms. The minimum atomic E-state index is -0.473. The van der Waals surface area contributed by atoms with Gasteiger partial charge in [0.05, 0.1) is 25.0 Å². The van der Waals surface area contributed by atoms with Gasteiger partial charge in [0, 0.05) is 6.04 Å². The molecule has 1 aromatic rings. The maximum absolute atomic E-state index is 12.7. The lowest BCUT2D eigenvalue weighted by Gasteiger charge is -2.26. The van der Waals surface area contributed by atoms with Crippen LogP contribution in [-0.2, 0) is 9.53 Å². The van der Waals surface area contributed by atoms with Crippen molar-refractivity contribution >= 4 is 17.6 Å². The summed E-state index contributed by atoms with van der Waals surface area (Å²) in [6, 6.07) is 4.83. The molecule has 1 aromatic carbocycles. The van der Waals surface area contributed by atoms with Crippen molar-refractivity contribution in [1.82, 2.24) is 4.90 Å². The monoisotopic (exact) mass is 294 g/mol. The summed E-state index contributed by atoms with van der Waals surface area (Å²) in [7, 11) is 1.29.